The minimum absolute atomic E-state index is 0.475. The highest BCUT2D eigenvalue weighted by Crippen LogP contribution is 2.63. The quantitative estimate of drug-likeness (QED) is 0.162. The molecular formula is C59H36N4S. The third-order valence-electron chi connectivity index (χ3n) is 13.0. The van der Waals surface area contributed by atoms with Gasteiger partial charge in [-0.1, -0.05) is 194 Å². The van der Waals surface area contributed by atoms with E-state index in [1.807, 2.05) is 72.4 Å². The highest BCUT2D eigenvalue weighted by Gasteiger charge is 2.50. The number of fused-ring (bicyclic) bond motifs is 12. The van der Waals surface area contributed by atoms with Gasteiger partial charge in [-0.05, 0) is 86.3 Å². The molecule has 0 N–H and O–H groups in total. The summed E-state index contributed by atoms with van der Waals surface area (Å²) in [4.78, 5) is 23.1. The molecule has 298 valence electrons. The van der Waals surface area contributed by atoms with Crippen molar-refractivity contribution in [3.63, 3.8) is 0 Å². The standard InChI is InChI=1S/C59H36N4S/c1-4-17-37(18-5-1)55-47-35-46-43-25-10-11-26-48(43)59(49-27-12-14-29-53(49)64-54-30-15-13-28-50(54)59)51(46)36-45(47)44-32-31-41(34-52(44)60-55)40-23-16-24-42(33-40)58-62-56(38-19-6-2-7-20-38)61-57(63-58)39-21-8-3-9-22-39/h1-36H. The molecule has 1 aliphatic heterocycles. The van der Waals surface area contributed by atoms with Crippen LogP contribution in [0.15, 0.2) is 228 Å². The van der Waals surface area contributed by atoms with Crippen LogP contribution in [0.4, 0.5) is 0 Å². The Balaban J connectivity index is 1.02. The maximum Gasteiger partial charge on any atom is 0.164 e. The van der Waals surface area contributed by atoms with Gasteiger partial charge in [0.25, 0.3) is 0 Å². The first kappa shape index (κ1) is 36.6. The first-order valence-electron chi connectivity index (χ1n) is 21.6. The summed E-state index contributed by atoms with van der Waals surface area (Å²) >= 11 is 1.88. The van der Waals surface area contributed by atoms with E-state index in [2.05, 4.69) is 158 Å². The minimum Gasteiger partial charge on any atom is -0.247 e. The third kappa shape index (κ3) is 5.64. The molecule has 2 aromatic heterocycles. The Morgan fingerprint density at radius 1 is 0.297 bits per heavy atom. The van der Waals surface area contributed by atoms with Gasteiger partial charge in [-0.2, -0.15) is 0 Å². The normalized spacial score (nSPS) is 13.1. The van der Waals surface area contributed by atoms with Crippen molar-refractivity contribution in [2.75, 3.05) is 0 Å². The van der Waals surface area contributed by atoms with E-state index >= 15 is 0 Å². The molecule has 1 spiro atoms. The van der Waals surface area contributed by atoms with E-state index in [0.717, 1.165) is 55.4 Å². The highest BCUT2D eigenvalue weighted by atomic mass is 32.2. The van der Waals surface area contributed by atoms with Crippen molar-refractivity contribution in [2.24, 2.45) is 0 Å². The zero-order valence-corrected chi connectivity index (χ0v) is 35.3. The number of hydrogen-bond acceptors (Lipinski definition) is 5. The van der Waals surface area contributed by atoms with Gasteiger partial charge >= 0.3 is 0 Å². The monoisotopic (exact) mass is 832 g/mol. The number of hydrogen-bond donors (Lipinski definition) is 0. The van der Waals surface area contributed by atoms with Gasteiger partial charge in [0.1, 0.15) is 0 Å². The molecule has 0 bridgehead atoms. The maximum atomic E-state index is 5.55. The molecule has 0 amide bonds. The summed E-state index contributed by atoms with van der Waals surface area (Å²) in [5.41, 5.74) is 15.3. The van der Waals surface area contributed by atoms with Crippen LogP contribution in [0.2, 0.25) is 0 Å². The van der Waals surface area contributed by atoms with Crippen LogP contribution in [0.1, 0.15) is 22.3 Å². The Hall–Kier alpha value is -7.99. The Kier molecular flexibility index (Phi) is 8.33. The lowest BCUT2D eigenvalue weighted by molar-refractivity contribution is 0.723. The minimum atomic E-state index is -0.475. The summed E-state index contributed by atoms with van der Waals surface area (Å²) in [6.45, 7) is 0. The zero-order valence-electron chi connectivity index (χ0n) is 34.5. The molecule has 0 fully saturated rings. The fraction of sp³-hybridized carbons (Fsp3) is 0.0169. The van der Waals surface area contributed by atoms with Gasteiger partial charge in [0.2, 0.25) is 0 Å². The molecule has 5 heteroatoms. The van der Waals surface area contributed by atoms with Crippen LogP contribution in [0.5, 0.6) is 0 Å². The van der Waals surface area contributed by atoms with Crippen molar-refractivity contribution in [3.8, 4) is 67.7 Å². The van der Waals surface area contributed by atoms with Crippen LogP contribution in [-0.4, -0.2) is 19.9 Å². The molecule has 2 aliphatic rings. The van der Waals surface area contributed by atoms with E-state index in [1.165, 1.54) is 48.6 Å². The van der Waals surface area contributed by atoms with E-state index in [4.69, 9.17) is 19.9 Å². The lowest BCUT2D eigenvalue weighted by Crippen LogP contribution is -2.31. The molecule has 0 saturated carbocycles. The first-order chi connectivity index (χ1) is 31.7. The number of rotatable bonds is 5. The number of aromatic nitrogens is 4. The van der Waals surface area contributed by atoms with Gasteiger partial charge in [0, 0.05) is 42.8 Å². The van der Waals surface area contributed by atoms with Crippen molar-refractivity contribution in [1.29, 1.82) is 0 Å². The van der Waals surface area contributed by atoms with E-state index < -0.39 is 5.41 Å². The van der Waals surface area contributed by atoms with Crippen LogP contribution in [0.3, 0.4) is 0 Å². The van der Waals surface area contributed by atoms with Crippen molar-refractivity contribution >= 4 is 33.4 Å². The lowest BCUT2D eigenvalue weighted by atomic mass is 9.67. The largest absolute Gasteiger partial charge is 0.247 e. The summed E-state index contributed by atoms with van der Waals surface area (Å²) in [7, 11) is 0. The van der Waals surface area contributed by atoms with E-state index in [-0.39, 0.29) is 0 Å². The second-order valence-corrected chi connectivity index (χ2v) is 17.6. The van der Waals surface area contributed by atoms with Crippen LogP contribution in [0, 0.1) is 0 Å². The molecule has 9 aromatic carbocycles. The predicted octanol–water partition coefficient (Wildman–Crippen LogP) is 14.7. The van der Waals surface area contributed by atoms with Crippen LogP contribution in [0.25, 0.3) is 89.4 Å². The summed E-state index contributed by atoms with van der Waals surface area (Å²) < 4.78 is 0. The summed E-state index contributed by atoms with van der Waals surface area (Å²) in [6.07, 6.45) is 0. The van der Waals surface area contributed by atoms with E-state index in [9.17, 15) is 0 Å². The first-order valence-corrected chi connectivity index (χ1v) is 22.4. The molecule has 0 unspecified atom stereocenters. The van der Waals surface area contributed by atoms with Crippen molar-refractivity contribution in [3.05, 3.63) is 241 Å². The average Bonchev–Trinajstić information content (AvgIpc) is 3.65. The van der Waals surface area contributed by atoms with Gasteiger partial charge in [-0.25, -0.2) is 19.9 Å². The Morgan fingerprint density at radius 3 is 1.47 bits per heavy atom. The second kappa shape index (κ2) is 14.6. The molecule has 0 atom stereocenters. The van der Waals surface area contributed by atoms with Gasteiger partial charge in [-0.15, -0.1) is 0 Å². The smallest absolute Gasteiger partial charge is 0.164 e. The zero-order chi connectivity index (χ0) is 42.2. The maximum absolute atomic E-state index is 5.55. The van der Waals surface area contributed by atoms with Gasteiger partial charge in [0.05, 0.1) is 16.6 Å². The molecule has 13 rings (SSSR count). The van der Waals surface area contributed by atoms with Gasteiger partial charge in [0.15, 0.2) is 17.5 Å². The third-order valence-corrected chi connectivity index (χ3v) is 14.1. The fourth-order valence-corrected chi connectivity index (χ4v) is 11.3. The van der Waals surface area contributed by atoms with Gasteiger partial charge < -0.3 is 0 Å². The molecular weight excluding hydrogens is 797 g/mol. The topological polar surface area (TPSA) is 51.6 Å². The number of nitrogens with zero attached hydrogens (tertiary/aromatic N) is 4. The predicted molar refractivity (Wildman–Crippen MR) is 261 cm³/mol. The fourth-order valence-electron chi connectivity index (χ4n) is 10.1. The molecule has 4 nitrogen and oxygen atoms in total. The van der Waals surface area contributed by atoms with E-state index in [0.29, 0.717) is 17.5 Å². The Bertz CT molecular complexity index is 3540. The average molecular weight is 833 g/mol. The number of pyridine rings is 1. The second-order valence-electron chi connectivity index (χ2n) is 16.5. The molecule has 3 heterocycles. The molecule has 1 aliphatic carbocycles. The highest BCUT2D eigenvalue weighted by molar-refractivity contribution is 7.99. The van der Waals surface area contributed by atoms with Crippen LogP contribution in [-0.2, 0) is 5.41 Å². The SMILES string of the molecule is c1ccc(-c2nc(-c3ccccc3)nc(-c3cccc(-c4ccc5c(c4)nc(-c4ccccc4)c4cc6c(cc45)C4(c5ccccc5Sc5ccccc54)c4ccccc4-6)c3)n2)cc1. The summed E-state index contributed by atoms with van der Waals surface area (Å²) in [5, 5.41) is 3.45. The van der Waals surface area contributed by atoms with Crippen LogP contribution < -0.4 is 0 Å². The summed E-state index contributed by atoms with van der Waals surface area (Å²) in [6, 6.07) is 78.1. The van der Waals surface area contributed by atoms with E-state index in [1.54, 1.807) is 0 Å². The molecule has 64 heavy (non-hydrogen) atoms. The Labute approximate surface area is 375 Å². The van der Waals surface area contributed by atoms with Crippen molar-refractivity contribution < 1.29 is 0 Å². The molecule has 0 saturated heterocycles. The molecule has 11 aromatic rings. The molecule has 0 radical (unpaired) electrons. The van der Waals surface area contributed by atoms with Gasteiger partial charge in [-0.3, -0.25) is 0 Å². The Morgan fingerprint density at radius 2 is 0.812 bits per heavy atom. The van der Waals surface area contributed by atoms with Crippen molar-refractivity contribution in [1.82, 2.24) is 19.9 Å². The number of benzene rings is 9. The van der Waals surface area contributed by atoms with Crippen molar-refractivity contribution in [2.45, 2.75) is 15.2 Å². The summed E-state index contributed by atoms with van der Waals surface area (Å²) in [5.74, 6) is 1.90. The van der Waals surface area contributed by atoms with Crippen LogP contribution >= 0.6 is 11.8 Å². The lowest BCUT2D eigenvalue weighted by Gasteiger charge is -2.39.